The van der Waals surface area contributed by atoms with Crippen molar-refractivity contribution >= 4 is 5.91 Å². The molecule has 8 nitrogen and oxygen atoms in total. The Morgan fingerprint density at radius 3 is 2.67 bits per heavy atom. The smallest absolute Gasteiger partial charge is 0.329 e. The summed E-state index contributed by atoms with van der Waals surface area (Å²) in [5.74, 6) is 0.564. The van der Waals surface area contributed by atoms with E-state index < -0.39 is 0 Å². The highest BCUT2D eigenvalue weighted by Gasteiger charge is 2.25. The van der Waals surface area contributed by atoms with Crippen molar-refractivity contribution < 1.29 is 4.79 Å². The number of imidazole rings is 1. The van der Waals surface area contributed by atoms with Gasteiger partial charge in [-0.25, -0.2) is 14.5 Å². The third kappa shape index (κ3) is 2.32. The second-order valence-corrected chi connectivity index (χ2v) is 5.72. The van der Waals surface area contributed by atoms with Crippen LogP contribution in [0, 0.1) is 0 Å². The van der Waals surface area contributed by atoms with Gasteiger partial charge in [0.15, 0.2) is 5.82 Å². The summed E-state index contributed by atoms with van der Waals surface area (Å²) in [7, 11) is 1.62. The number of hydrogen-bond acceptors (Lipinski definition) is 4. The van der Waals surface area contributed by atoms with Gasteiger partial charge in [0, 0.05) is 43.8 Å². The Kier molecular flexibility index (Phi) is 3.30. The average Bonchev–Trinajstić information content (AvgIpc) is 3.23. The Morgan fingerprint density at radius 1 is 1.17 bits per heavy atom. The lowest BCUT2D eigenvalue weighted by atomic mass is 10.1. The molecule has 4 rings (SSSR count). The average molecular weight is 324 g/mol. The van der Waals surface area contributed by atoms with Gasteiger partial charge in [-0.3, -0.25) is 9.36 Å². The fraction of sp³-hybridized carbons (Fsp3) is 0.250. The van der Waals surface area contributed by atoms with E-state index in [-0.39, 0.29) is 11.6 Å². The first-order valence-electron chi connectivity index (χ1n) is 7.64. The number of carbonyl (C=O) groups excluding carboxylic acids is 1. The van der Waals surface area contributed by atoms with Crippen molar-refractivity contribution in [2.75, 3.05) is 6.54 Å². The summed E-state index contributed by atoms with van der Waals surface area (Å²) in [5, 5.41) is 4.19. The van der Waals surface area contributed by atoms with Crippen LogP contribution in [0.25, 0.3) is 5.69 Å². The van der Waals surface area contributed by atoms with Gasteiger partial charge in [0.1, 0.15) is 0 Å². The number of aryl methyl sites for hydroxylation is 1. The first kappa shape index (κ1) is 14.4. The zero-order chi connectivity index (χ0) is 16.7. The van der Waals surface area contributed by atoms with Crippen LogP contribution in [0.5, 0.6) is 0 Å². The van der Waals surface area contributed by atoms with Gasteiger partial charge in [0.05, 0.1) is 12.9 Å². The minimum absolute atomic E-state index is 0.0588. The second-order valence-electron chi connectivity index (χ2n) is 5.72. The summed E-state index contributed by atoms with van der Waals surface area (Å²) in [6, 6.07) is 7.38. The van der Waals surface area contributed by atoms with Crippen LogP contribution in [-0.4, -0.2) is 41.3 Å². The Labute approximate surface area is 137 Å². The van der Waals surface area contributed by atoms with Crippen molar-refractivity contribution in [3.8, 4) is 5.69 Å². The third-order valence-corrected chi connectivity index (χ3v) is 4.21. The molecule has 1 aliphatic heterocycles. The number of rotatable bonds is 2. The van der Waals surface area contributed by atoms with Crippen LogP contribution < -0.4 is 5.69 Å². The predicted molar refractivity (Wildman–Crippen MR) is 85.8 cm³/mol. The lowest BCUT2D eigenvalue weighted by molar-refractivity contribution is 0.0706. The van der Waals surface area contributed by atoms with Crippen molar-refractivity contribution in [1.82, 2.24) is 28.8 Å². The molecule has 3 aromatic rings. The van der Waals surface area contributed by atoms with Gasteiger partial charge >= 0.3 is 5.69 Å². The monoisotopic (exact) mass is 324 g/mol. The summed E-state index contributed by atoms with van der Waals surface area (Å²) in [6.07, 6.45) is 5.27. The highest BCUT2D eigenvalue weighted by Crippen LogP contribution is 2.15. The highest BCUT2D eigenvalue weighted by molar-refractivity contribution is 5.94. The minimum atomic E-state index is -0.137. The van der Waals surface area contributed by atoms with Crippen LogP contribution in [0.3, 0.4) is 0 Å². The Morgan fingerprint density at radius 2 is 1.96 bits per heavy atom. The number of benzene rings is 1. The van der Waals surface area contributed by atoms with Crippen molar-refractivity contribution in [1.29, 1.82) is 0 Å². The Hall–Kier alpha value is -3.16. The van der Waals surface area contributed by atoms with Crippen molar-refractivity contribution in [2.24, 2.45) is 7.05 Å². The van der Waals surface area contributed by atoms with Gasteiger partial charge < -0.3 is 9.47 Å². The molecule has 24 heavy (non-hydrogen) atoms. The number of hydrogen-bond donors (Lipinski definition) is 0. The molecule has 2 aromatic heterocycles. The lowest BCUT2D eigenvalue weighted by Crippen LogP contribution is -2.40. The largest absolute Gasteiger partial charge is 0.345 e. The maximum atomic E-state index is 12.7. The van der Waals surface area contributed by atoms with E-state index in [1.807, 2.05) is 22.9 Å². The number of aromatic nitrogens is 5. The van der Waals surface area contributed by atoms with E-state index in [2.05, 4.69) is 10.1 Å². The minimum Gasteiger partial charge on any atom is -0.329 e. The van der Waals surface area contributed by atoms with Gasteiger partial charge in [-0.05, 0) is 24.3 Å². The molecule has 1 aromatic carbocycles. The summed E-state index contributed by atoms with van der Waals surface area (Å²) in [4.78, 5) is 30.3. The number of nitrogens with zero attached hydrogens (tertiary/aromatic N) is 6. The standard InChI is InChI=1S/C16H16N6O2/c1-19-16(24)22-9-8-20(10-14(22)18-19)15(23)12-2-4-13(5-3-12)21-7-6-17-11-21/h2-7,11H,8-10H2,1H3. The maximum Gasteiger partial charge on any atom is 0.345 e. The molecule has 0 aliphatic carbocycles. The van der Waals surface area contributed by atoms with Gasteiger partial charge in [-0.2, -0.15) is 5.10 Å². The molecule has 3 heterocycles. The molecule has 122 valence electrons. The summed E-state index contributed by atoms with van der Waals surface area (Å²) >= 11 is 0. The van der Waals surface area contributed by atoms with E-state index in [1.54, 1.807) is 41.2 Å². The number of amides is 1. The SMILES string of the molecule is Cn1nc2n(c1=O)CCN(C(=O)c1ccc(-n3ccnc3)cc1)C2. The molecule has 0 N–H and O–H groups in total. The Bertz CT molecular complexity index is 936. The highest BCUT2D eigenvalue weighted by atomic mass is 16.2. The molecule has 0 saturated carbocycles. The quantitative estimate of drug-likeness (QED) is 0.684. The van der Waals surface area contributed by atoms with Crippen LogP contribution in [-0.2, 0) is 20.1 Å². The van der Waals surface area contributed by atoms with Crippen LogP contribution in [0.4, 0.5) is 0 Å². The topological polar surface area (TPSA) is 78.0 Å². The van der Waals surface area contributed by atoms with Crippen molar-refractivity contribution in [2.45, 2.75) is 13.1 Å². The fourth-order valence-electron chi connectivity index (χ4n) is 2.91. The normalized spacial score (nSPS) is 13.8. The Balaban J connectivity index is 1.55. The van der Waals surface area contributed by atoms with Gasteiger partial charge in [0.25, 0.3) is 5.91 Å². The molecule has 1 aliphatic rings. The summed E-state index contributed by atoms with van der Waals surface area (Å²) < 4.78 is 4.80. The van der Waals surface area contributed by atoms with Crippen LogP contribution in [0.15, 0.2) is 47.8 Å². The predicted octanol–water partition coefficient (Wildman–Crippen LogP) is 0.423. The van der Waals surface area contributed by atoms with Crippen molar-refractivity contribution in [3.05, 3.63) is 64.9 Å². The number of carbonyl (C=O) groups is 1. The zero-order valence-corrected chi connectivity index (χ0v) is 13.2. The molecule has 0 bridgehead atoms. The summed E-state index contributed by atoms with van der Waals surface area (Å²) in [5.41, 5.74) is 1.42. The molecular weight excluding hydrogens is 308 g/mol. The first-order chi connectivity index (χ1) is 11.6. The lowest BCUT2D eigenvalue weighted by Gasteiger charge is -2.26. The molecule has 1 amide bonds. The molecule has 0 fully saturated rings. The van der Waals surface area contributed by atoms with E-state index in [9.17, 15) is 9.59 Å². The van der Waals surface area contributed by atoms with Crippen LogP contribution >= 0.6 is 0 Å². The second kappa shape index (κ2) is 5.48. The molecule has 8 heteroatoms. The van der Waals surface area contributed by atoms with E-state index in [1.165, 1.54) is 4.68 Å². The third-order valence-electron chi connectivity index (χ3n) is 4.21. The van der Waals surface area contributed by atoms with E-state index >= 15 is 0 Å². The zero-order valence-electron chi connectivity index (χ0n) is 13.2. The summed E-state index contributed by atoms with van der Waals surface area (Å²) in [6.45, 7) is 1.32. The molecular formula is C16H16N6O2. The molecule has 0 radical (unpaired) electrons. The first-order valence-corrected chi connectivity index (χ1v) is 7.64. The molecule has 0 unspecified atom stereocenters. The van der Waals surface area contributed by atoms with Crippen LogP contribution in [0.1, 0.15) is 16.2 Å². The van der Waals surface area contributed by atoms with Gasteiger partial charge in [-0.1, -0.05) is 0 Å². The van der Waals surface area contributed by atoms with Crippen LogP contribution in [0.2, 0.25) is 0 Å². The maximum absolute atomic E-state index is 12.7. The number of fused-ring (bicyclic) bond motifs is 1. The molecule has 0 atom stereocenters. The fourth-order valence-corrected chi connectivity index (χ4v) is 2.91. The molecule has 0 saturated heterocycles. The van der Waals surface area contributed by atoms with E-state index in [0.717, 1.165) is 5.69 Å². The van der Waals surface area contributed by atoms with E-state index in [4.69, 9.17) is 0 Å². The van der Waals surface area contributed by atoms with E-state index in [0.29, 0.717) is 31.0 Å². The van der Waals surface area contributed by atoms with Gasteiger partial charge in [0.2, 0.25) is 0 Å². The van der Waals surface area contributed by atoms with Gasteiger partial charge in [-0.15, -0.1) is 0 Å². The van der Waals surface area contributed by atoms with Crippen molar-refractivity contribution in [3.63, 3.8) is 0 Å². The molecule has 0 spiro atoms.